The number of rotatable bonds is 1. The normalized spacial score (nSPS) is 11.6. The molecule has 0 aliphatic carbocycles. The number of aliphatic carboxylic acids is 1. The molecule has 0 atom stereocenters. The van der Waals surface area contributed by atoms with Crippen molar-refractivity contribution >= 4 is 23.4 Å². The number of carboxylic acids is 1. The Labute approximate surface area is 121 Å². The zero-order chi connectivity index (χ0) is 14.6. The van der Waals surface area contributed by atoms with Crippen LogP contribution >= 0.6 is 0 Å². The molecular weight excluding hydrogens is 294 g/mol. The second-order valence-electron chi connectivity index (χ2n) is 6.50. The standard InChI is InChI=1S/C9H13Si.C5H10O2.Zn/c1-10(2,3)9-7-5-4-6-8-9;1-5(2,3)4(6)7;/h5-8H,1-3H3;1-3H3,(H,6,7);. The Morgan fingerprint density at radius 2 is 1.44 bits per heavy atom. The number of hydrogen-bond donors (Lipinski definition) is 1. The van der Waals surface area contributed by atoms with Crippen LogP contribution in [0.3, 0.4) is 0 Å². The third kappa shape index (κ3) is 7.07. The number of carbonyl (C=O) groups is 1. The van der Waals surface area contributed by atoms with Crippen LogP contribution in [0, 0.1) is 5.41 Å². The van der Waals surface area contributed by atoms with Crippen molar-refractivity contribution in [1.29, 1.82) is 0 Å². The molecule has 2 nitrogen and oxygen atoms in total. The van der Waals surface area contributed by atoms with E-state index in [-0.39, 0.29) is 0 Å². The van der Waals surface area contributed by atoms with E-state index in [1.54, 1.807) is 26.0 Å². The quantitative estimate of drug-likeness (QED) is 0.808. The van der Waals surface area contributed by atoms with Crippen LogP contribution < -0.4 is 9.34 Å². The summed E-state index contributed by atoms with van der Waals surface area (Å²) in [6.45, 7) is 12.1. The van der Waals surface area contributed by atoms with Crippen molar-refractivity contribution in [3.63, 3.8) is 0 Å². The van der Waals surface area contributed by atoms with Crippen molar-refractivity contribution in [2.75, 3.05) is 0 Å². The van der Waals surface area contributed by atoms with Crippen LogP contribution in [-0.4, -0.2) is 19.1 Å². The predicted molar refractivity (Wildman–Crippen MR) is 76.1 cm³/mol. The fourth-order valence-corrected chi connectivity index (χ4v) is 2.67. The summed E-state index contributed by atoms with van der Waals surface area (Å²) >= 11 is 1.27. The topological polar surface area (TPSA) is 37.3 Å². The molecule has 1 aromatic carbocycles. The molecule has 0 fully saturated rings. The molecule has 1 rings (SSSR count). The maximum atomic E-state index is 10.0. The Morgan fingerprint density at radius 3 is 1.67 bits per heavy atom. The van der Waals surface area contributed by atoms with Crippen LogP contribution in [0.1, 0.15) is 20.8 Å². The molecule has 0 bridgehead atoms. The van der Waals surface area contributed by atoms with E-state index in [1.807, 2.05) is 0 Å². The van der Waals surface area contributed by atoms with Gasteiger partial charge in [-0.25, -0.2) is 0 Å². The van der Waals surface area contributed by atoms with Crippen LogP contribution in [0.2, 0.25) is 19.6 Å². The average Bonchev–Trinajstić information content (AvgIpc) is 2.16. The van der Waals surface area contributed by atoms with Gasteiger partial charge in [-0.15, -0.1) is 0 Å². The van der Waals surface area contributed by atoms with E-state index in [2.05, 4.69) is 43.9 Å². The Morgan fingerprint density at radius 1 is 1.11 bits per heavy atom. The third-order valence-corrected chi connectivity index (χ3v) is 5.52. The van der Waals surface area contributed by atoms with Crippen LogP contribution in [0.25, 0.3) is 0 Å². The Bertz CT molecular complexity index is 386. The van der Waals surface area contributed by atoms with Crippen molar-refractivity contribution in [2.45, 2.75) is 40.4 Å². The Balaban J connectivity index is 0.000000360. The molecule has 0 aliphatic rings. The van der Waals surface area contributed by atoms with Crippen molar-refractivity contribution in [1.82, 2.24) is 0 Å². The van der Waals surface area contributed by atoms with Gasteiger partial charge in [0.25, 0.3) is 0 Å². The molecule has 0 amide bonds. The molecule has 0 saturated carbocycles. The van der Waals surface area contributed by atoms with Gasteiger partial charge in [0, 0.05) is 0 Å². The van der Waals surface area contributed by atoms with Gasteiger partial charge in [-0.3, -0.25) is 4.79 Å². The van der Waals surface area contributed by atoms with E-state index in [4.69, 9.17) is 5.11 Å². The summed E-state index contributed by atoms with van der Waals surface area (Å²) in [6.07, 6.45) is 0. The Kier molecular flexibility index (Phi) is 6.45. The summed E-state index contributed by atoms with van der Waals surface area (Å²) in [5, 5.41) is 9.81. The summed E-state index contributed by atoms with van der Waals surface area (Å²) in [7, 11) is -1.04. The summed E-state index contributed by atoms with van der Waals surface area (Å²) in [4.78, 5) is 10.0. The molecular formula is C14H23O2SiZn. The second kappa shape index (κ2) is 6.63. The van der Waals surface area contributed by atoms with Gasteiger partial charge in [-0.2, -0.15) is 0 Å². The van der Waals surface area contributed by atoms with Gasteiger partial charge in [-0.1, -0.05) is 0 Å². The maximum absolute atomic E-state index is 10.0. The summed E-state index contributed by atoms with van der Waals surface area (Å²) in [5.74, 6) is -0.757. The van der Waals surface area contributed by atoms with Gasteiger partial charge >= 0.3 is 85.6 Å². The van der Waals surface area contributed by atoms with Gasteiger partial charge in [0.05, 0.1) is 5.41 Å². The molecule has 0 heterocycles. The third-order valence-electron chi connectivity index (χ3n) is 2.46. The van der Waals surface area contributed by atoms with Crippen LogP contribution in [0.4, 0.5) is 0 Å². The zero-order valence-electron chi connectivity index (χ0n) is 12.4. The van der Waals surface area contributed by atoms with Gasteiger partial charge < -0.3 is 5.11 Å². The molecule has 0 unspecified atom stereocenters. The minimum atomic E-state index is -1.04. The number of carboxylic acid groups (broad SMARTS) is 1. The molecule has 0 radical (unpaired) electrons. The van der Waals surface area contributed by atoms with Crippen LogP contribution in [0.5, 0.6) is 0 Å². The first-order valence-electron chi connectivity index (χ1n) is 6.10. The van der Waals surface area contributed by atoms with Gasteiger partial charge in [0.2, 0.25) is 0 Å². The van der Waals surface area contributed by atoms with E-state index in [9.17, 15) is 4.79 Å². The molecule has 0 spiro atoms. The van der Waals surface area contributed by atoms with Crippen molar-refractivity contribution in [3.05, 3.63) is 24.3 Å². The van der Waals surface area contributed by atoms with Crippen molar-refractivity contribution in [2.24, 2.45) is 5.41 Å². The Hall–Kier alpha value is -0.470. The van der Waals surface area contributed by atoms with Gasteiger partial charge in [-0.05, 0) is 20.8 Å². The van der Waals surface area contributed by atoms with E-state index in [0.717, 1.165) is 0 Å². The predicted octanol–water partition coefficient (Wildman–Crippen LogP) is 2.52. The average molecular weight is 317 g/mol. The van der Waals surface area contributed by atoms with Gasteiger partial charge in [0.1, 0.15) is 0 Å². The molecule has 0 aromatic heterocycles. The fourth-order valence-electron chi connectivity index (χ4n) is 1.00. The summed E-state index contributed by atoms with van der Waals surface area (Å²) in [6, 6.07) is 9.11. The van der Waals surface area contributed by atoms with Crippen LogP contribution in [-0.2, 0) is 23.1 Å². The van der Waals surface area contributed by atoms with Crippen molar-refractivity contribution in [3.8, 4) is 0 Å². The monoisotopic (exact) mass is 315 g/mol. The SMILES string of the molecule is CC(C)(C)C(=O)O.C[Si](C)(C)c1cc[c]([Zn])cc1. The molecule has 0 aliphatic heterocycles. The van der Waals surface area contributed by atoms with E-state index in [1.165, 1.54) is 22.5 Å². The molecule has 4 heteroatoms. The summed E-state index contributed by atoms with van der Waals surface area (Å²) < 4.78 is 1.48. The minimum absolute atomic E-state index is 0.583. The first-order chi connectivity index (χ1) is 7.94. The van der Waals surface area contributed by atoms with E-state index < -0.39 is 19.5 Å². The first kappa shape index (κ1) is 17.5. The van der Waals surface area contributed by atoms with E-state index in [0.29, 0.717) is 0 Å². The molecule has 1 aromatic rings. The van der Waals surface area contributed by atoms with Crippen LogP contribution in [0.15, 0.2) is 24.3 Å². The zero-order valence-corrected chi connectivity index (χ0v) is 16.3. The first-order valence-corrected chi connectivity index (χ1v) is 11.1. The number of benzene rings is 1. The fraction of sp³-hybridized carbons (Fsp3) is 0.500. The molecule has 97 valence electrons. The molecule has 0 saturated heterocycles. The van der Waals surface area contributed by atoms with Gasteiger partial charge in [0.15, 0.2) is 0 Å². The second-order valence-corrected chi connectivity index (χ2v) is 13.3. The van der Waals surface area contributed by atoms with E-state index >= 15 is 0 Å². The number of hydrogen-bond acceptors (Lipinski definition) is 1. The molecule has 1 N–H and O–H groups in total. The summed E-state index contributed by atoms with van der Waals surface area (Å²) in [5.41, 5.74) is -0.583. The van der Waals surface area contributed by atoms with Crippen molar-refractivity contribution < 1.29 is 28.2 Å². The molecule has 18 heavy (non-hydrogen) atoms.